The van der Waals surface area contributed by atoms with Crippen molar-refractivity contribution in [2.45, 2.75) is 45.3 Å². The lowest BCUT2D eigenvalue weighted by Crippen LogP contribution is -2.41. The van der Waals surface area contributed by atoms with Crippen LogP contribution in [0.1, 0.15) is 27.0 Å². The summed E-state index contributed by atoms with van der Waals surface area (Å²) in [5, 5.41) is 0. The molecule has 11 heteroatoms. The lowest BCUT2D eigenvalue weighted by atomic mass is 10.1. The number of hydrogen-bond acceptors (Lipinski definition) is 10. The van der Waals surface area contributed by atoms with Gasteiger partial charge in [-0.2, -0.15) is 4.98 Å². The van der Waals surface area contributed by atoms with Crippen molar-refractivity contribution in [1.29, 1.82) is 0 Å². The molecule has 1 aliphatic rings. The Labute approximate surface area is 182 Å². The topological polar surface area (TPSA) is 132 Å². The molecule has 2 heterocycles. The molecule has 0 saturated carbocycles. The number of carbonyl (C=O) groups is 3. The van der Waals surface area contributed by atoms with Gasteiger partial charge >= 0.3 is 23.6 Å². The Bertz CT molecular complexity index is 1040. The predicted octanol–water partition coefficient (Wildman–Crippen LogP) is 1.36. The molecule has 11 nitrogen and oxygen atoms in total. The molecule has 1 aromatic heterocycles. The summed E-state index contributed by atoms with van der Waals surface area (Å²) in [6, 6.07) is 10.2. The molecule has 0 bridgehead atoms. The number of nitrogens with zero attached hydrogens (tertiary/aromatic N) is 2. The van der Waals surface area contributed by atoms with E-state index < -0.39 is 48.1 Å². The van der Waals surface area contributed by atoms with Crippen molar-refractivity contribution < 1.29 is 38.1 Å². The molecule has 0 spiro atoms. The lowest BCUT2D eigenvalue weighted by molar-refractivity contribution is -0.166. The highest BCUT2D eigenvalue weighted by Gasteiger charge is 2.50. The Kier molecular flexibility index (Phi) is 7.21. The van der Waals surface area contributed by atoms with Crippen molar-refractivity contribution in [2.24, 2.45) is 0 Å². The van der Waals surface area contributed by atoms with Crippen LogP contribution in [0.2, 0.25) is 0 Å². The predicted molar refractivity (Wildman–Crippen MR) is 107 cm³/mol. The first kappa shape index (κ1) is 22.9. The number of rotatable bonds is 7. The van der Waals surface area contributed by atoms with Crippen LogP contribution in [-0.2, 0) is 33.3 Å². The van der Waals surface area contributed by atoms with Crippen LogP contribution in [0.25, 0.3) is 0 Å². The third kappa shape index (κ3) is 5.70. The summed E-state index contributed by atoms with van der Waals surface area (Å²) in [4.78, 5) is 51.1. The van der Waals surface area contributed by atoms with Crippen LogP contribution in [0.3, 0.4) is 0 Å². The second-order valence-corrected chi connectivity index (χ2v) is 6.89. The van der Waals surface area contributed by atoms with Gasteiger partial charge in [0.25, 0.3) is 0 Å². The van der Waals surface area contributed by atoms with Gasteiger partial charge in [0.1, 0.15) is 18.5 Å². The van der Waals surface area contributed by atoms with Crippen LogP contribution in [0, 0.1) is 0 Å². The Morgan fingerprint density at radius 2 is 1.62 bits per heavy atom. The third-order valence-corrected chi connectivity index (χ3v) is 4.38. The van der Waals surface area contributed by atoms with E-state index in [1.54, 1.807) is 24.3 Å². The summed E-state index contributed by atoms with van der Waals surface area (Å²) in [5.41, 5.74) is -0.754. The van der Waals surface area contributed by atoms with Crippen molar-refractivity contribution in [3.8, 4) is 11.6 Å². The maximum absolute atomic E-state index is 12.7. The van der Waals surface area contributed by atoms with Gasteiger partial charge in [-0.3, -0.25) is 19.0 Å². The summed E-state index contributed by atoms with van der Waals surface area (Å²) in [5.74, 6) is -1.39. The average molecular weight is 446 g/mol. The Morgan fingerprint density at radius 3 is 2.22 bits per heavy atom. The molecule has 0 radical (unpaired) electrons. The number of aromatic nitrogens is 2. The Hall–Kier alpha value is -3.73. The zero-order valence-electron chi connectivity index (χ0n) is 17.6. The number of ether oxygens (including phenoxy) is 5. The minimum atomic E-state index is -1.19. The monoisotopic (exact) mass is 446 g/mol. The van der Waals surface area contributed by atoms with Crippen molar-refractivity contribution in [2.75, 3.05) is 6.61 Å². The van der Waals surface area contributed by atoms with E-state index in [9.17, 15) is 19.2 Å². The van der Waals surface area contributed by atoms with E-state index in [1.807, 2.05) is 6.07 Å². The van der Waals surface area contributed by atoms with Gasteiger partial charge in [-0.05, 0) is 12.1 Å². The van der Waals surface area contributed by atoms with Gasteiger partial charge in [0.05, 0.1) is 0 Å². The van der Waals surface area contributed by atoms with E-state index in [-0.39, 0.29) is 12.5 Å². The van der Waals surface area contributed by atoms with E-state index in [4.69, 9.17) is 23.7 Å². The molecule has 0 N–H and O–H groups in total. The zero-order chi connectivity index (χ0) is 23.3. The molecular weight excluding hydrogens is 424 g/mol. The van der Waals surface area contributed by atoms with E-state index in [2.05, 4.69) is 4.98 Å². The van der Waals surface area contributed by atoms with E-state index in [0.29, 0.717) is 5.75 Å². The van der Waals surface area contributed by atoms with Gasteiger partial charge in [-0.1, -0.05) is 18.2 Å². The molecule has 1 aromatic carbocycles. The molecule has 170 valence electrons. The summed E-state index contributed by atoms with van der Waals surface area (Å²) < 4.78 is 28.0. The van der Waals surface area contributed by atoms with Crippen LogP contribution >= 0.6 is 0 Å². The van der Waals surface area contributed by atoms with Gasteiger partial charge in [-0.15, -0.1) is 0 Å². The van der Waals surface area contributed by atoms with Gasteiger partial charge < -0.3 is 23.7 Å². The number of hydrogen-bond donors (Lipinski definition) is 0. The summed E-state index contributed by atoms with van der Waals surface area (Å²) >= 11 is 0. The van der Waals surface area contributed by atoms with E-state index in [1.165, 1.54) is 33.0 Å². The first-order valence-electron chi connectivity index (χ1n) is 9.70. The number of para-hydroxylation sites is 1. The van der Waals surface area contributed by atoms with Crippen LogP contribution < -0.4 is 10.4 Å². The normalized spacial score (nSPS) is 22.1. The quantitative estimate of drug-likeness (QED) is 0.453. The molecular formula is C21H22N2O9. The van der Waals surface area contributed by atoms with Gasteiger partial charge in [0.2, 0.25) is 5.88 Å². The first-order valence-corrected chi connectivity index (χ1v) is 9.70. The van der Waals surface area contributed by atoms with Gasteiger partial charge in [0.15, 0.2) is 18.4 Å². The fourth-order valence-electron chi connectivity index (χ4n) is 3.17. The minimum Gasteiger partial charge on any atom is -0.463 e. The van der Waals surface area contributed by atoms with Crippen LogP contribution in [-0.4, -0.2) is 52.4 Å². The zero-order valence-corrected chi connectivity index (χ0v) is 17.6. The molecule has 0 aliphatic carbocycles. The van der Waals surface area contributed by atoms with Gasteiger partial charge in [-0.25, -0.2) is 4.79 Å². The number of benzene rings is 1. The van der Waals surface area contributed by atoms with E-state index in [0.717, 1.165) is 4.57 Å². The molecule has 4 atom stereocenters. The van der Waals surface area contributed by atoms with Crippen LogP contribution in [0.15, 0.2) is 47.4 Å². The van der Waals surface area contributed by atoms with Crippen LogP contribution in [0.5, 0.6) is 11.6 Å². The highest BCUT2D eigenvalue weighted by atomic mass is 16.7. The standard InChI is InChI=1S/C21H22N2O9/c1-12(24)28-11-16-18(29-13(2)25)19(30-14(3)26)20(32-16)23-10-9-17(22-21(23)27)31-15-7-5-4-6-8-15/h4-10,16,18-20H,11H2,1-3H3/t16-,18-,19-,20-/m1/s1. The fourth-order valence-corrected chi connectivity index (χ4v) is 3.17. The number of carbonyl (C=O) groups excluding carboxylic acids is 3. The molecule has 0 amide bonds. The highest BCUT2D eigenvalue weighted by Crippen LogP contribution is 2.34. The Balaban J connectivity index is 1.90. The summed E-state index contributed by atoms with van der Waals surface area (Å²) in [6.45, 7) is 3.26. The second kappa shape index (κ2) is 10.1. The van der Waals surface area contributed by atoms with Crippen molar-refractivity contribution >= 4 is 17.9 Å². The summed E-state index contributed by atoms with van der Waals surface area (Å²) in [7, 11) is 0. The van der Waals surface area contributed by atoms with E-state index >= 15 is 0 Å². The van der Waals surface area contributed by atoms with Gasteiger partial charge in [0, 0.05) is 33.0 Å². The number of esters is 3. The van der Waals surface area contributed by atoms with Crippen molar-refractivity contribution in [3.63, 3.8) is 0 Å². The molecule has 1 saturated heterocycles. The first-order chi connectivity index (χ1) is 15.2. The molecule has 1 aliphatic heterocycles. The largest absolute Gasteiger partial charge is 0.463 e. The van der Waals surface area contributed by atoms with Crippen LogP contribution in [0.4, 0.5) is 0 Å². The molecule has 0 unspecified atom stereocenters. The second-order valence-electron chi connectivity index (χ2n) is 6.89. The molecule has 1 fully saturated rings. The smallest absolute Gasteiger partial charge is 0.353 e. The summed E-state index contributed by atoms with van der Waals surface area (Å²) in [6.07, 6.45) is -3.11. The third-order valence-electron chi connectivity index (χ3n) is 4.38. The maximum Gasteiger partial charge on any atom is 0.353 e. The molecule has 3 rings (SSSR count). The average Bonchev–Trinajstić information content (AvgIpc) is 3.03. The Morgan fingerprint density at radius 1 is 0.969 bits per heavy atom. The fraction of sp³-hybridized carbons (Fsp3) is 0.381. The minimum absolute atomic E-state index is 0.0486. The molecule has 2 aromatic rings. The lowest BCUT2D eigenvalue weighted by Gasteiger charge is -2.23. The maximum atomic E-state index is 12.7. The molecule has 32 heavy (non-hydrogen) atoms. The van der Waals surface area contributed by atoms with Crippen molar-refractivity contribution in [3.05, 3.63) is 53.1 Å². The SMILES string of the molecule is CC(=O)OC[C@H]1O[C@@H](n2ccc(Oc3ccccc3)nc2=O)[C@H](OC(C)=O)[C@@H]1OC(C)=O. The highest BCUT2D eigenvalue weighted by molar-refractivity contribution is 5.68. The van der Waals surface area contributed by atoms with Crippen molar-refractivity contribution in [1.82, 2.24) is 9.55 Å².